The van der Waals surface area contributed by atoms with Gasteiger partial charge in [0.2, 0.25) is 0 Å². The summed E-state index contributed by atoms with van der Waals surface area (Å²) in [7, 11) is 0. The summed E-state index contributed by atoms with van der Waals surface area (Å²) in [6.45, 7) is 2.79. The molecule has 0 fully saturated rings. The Kier molecular flexibility index (Phi) is 7.53. The molecule has 0 radical (unpaired) electrons. The molecule has 4 aromatic rings. The lowest BCUT2D eigenvalue weighted by atomic mass is 10.1. The summed E-state index contributed by atoms with van der Waals surface area (Å²) in [6.07, 6.45) is 0.203. The quantitative estimate of drug-likeness (QED) is 0.275. The Hall–Kier alpha value is -4.16. The average Bonchev–Trinajstić information content (AvgIpc) is 2.88. The number of fused-ring (bicyclic) bond motifs is 1. The monoisotopic (exact) mass is 454 g/mol. The van der Waals surface area contributed by atoms with Crippen molar-refractivity contribution in [3.8, 4) is 11.5 Å². The number of aliphatic hydroxyl groups excluding tert-OH is 1. The second-order valence-corrected chi connectivity index (χ2v) is 7.61. The van der Waals surface area contributed by atoms with Gasteiger partial charge in [0.05, 0.1) is 12.8 Å². The zero-order chi connectivity index (χ0) is 23.8. The maximum absolute atomic E-state index is 12.2. The van der Waals surface area contributed by atoms with E-state index in [1.165, 1.54) is 11.6 Å². The normalized spacial score (nSPS) is 11.9. The Balaban J connectivity index is 1.43. The van der Waals surface area contributed by atoms with Gasteiger partial charge < -0.3 is 14.6 Å². The van der Waals surface area contributed by atoms with Gasteiger partial charge in [-0.1, -0.05) is 72.8 Å². The number of carbonyl (C=O) groups is 1. The molecule has 34 heavy (non-hydrogen) atoms. The molecule has 6 heteroatoms. The molecule has 0 saturated heterocycles. The topological polar surface area (TPSA) is 80.2 Å². The van der Waals surface area contributed by atoms with Crippen molar-refractivity contribution in [2.45, 2.75) is 19.6 Å². The van der Waals surface area contributed by atoms with Crippen molar-refractivity contribution in [2.75, 3.05) is 6.61 Å². The van der Waals surface area contributed by atoms with Crippen molar-refractivity contribution < 1.29 is 19.4 Å². The van der Waals surface area contributed by atoms with Crippen LogP contribution in [-0.4, -0.2) is 23.8 Å². The van der Waals surface area contributed by atoms with E-state index in [2.05, 4.69) is 34.8 Å². The van der Waals surface area contributed by atoms with Gasteiger partial charge in [0.1, 0.15) is 6.61 Å². The number of nitrogens with zero attached hydrogens (tertiary/aromatic N) is 1. The fourth-order valence-corrected chi connectivity index (χ4v) is 3.58. The van der Waals surface area contributed by atoms with Crippen molar-refractivity contribution >= 4 is 22.9 Å². The number of benzene rings is 4. The molecule has 2 N–H and O–H groups in total. The number of hydrogen-bond acceptors (Lipinski definition) is 5. The molecule has 0 aliphatic heterocycles. The Labute approximate surface area is 198 Å². The second kappa shape index (κ2) is 11.1. The number of amides is 1. The van der Waals surface area contributed by atoms with E-state index in [1.807, 2.05) is 43.3 Å². The SMILES string of the molecule is CCOc1cc(/C=N\NC(=O)[C@@H](O)c2ccccc2)ccc1OCc1cccc2ccccc12. The molecule has 1 amide bonds. The largest absolute Gasteiger partial charge is 0.490 e. The van der Waals surface area contributed by atoms with E-state index in [0.29, 0.717) is 30.3 Å². The molecule has 0 heterocycles. The zero-order valence-corrected chi connectivity index (χ0v) is 18.8. The third-order valence-electron chi connectivity index (χ3n) is 5.28. The molecule has 6 nitrogen and oxygen atoms in total. The Morgan fingerprint density at radius 1 is 0.941 bits per heavy atom. The summed E-state index contributed by atoms with van der Waals surface area (Å²) in [5.41, 5.74) is 4.68. The van der Waals surface area contributed by atoms with Gasteiger partial charge in [-0.05, 0) is 52.6 Å². The second-order valence-electron chi connectivity index (χ2n) is 7.61. The first-order valence-corrected chi connectivity index (χ1v) is 11.1. The van der Waals surface area contributed by atoms with Crippen LogP contribution >= 0.6 is 0 Å². The van der Waals surface area contributed by atoms with E-state index >= 15 is 0 Å². The molecule has 0 aliphatic rings. The number of aliphatic hydroxyl groups is 1. The molecule has 1 atom stereocenters. The van der Waals surface area contributed by atoms with E-state index < -0.39 is 12.0 Å². The van der Waals surface area contributed by atoms with Crippen LogP contribution in [0.15, 0.2) is 96.1 Å². The summed E-state index contributed by atoms with van der Waals surface area (Å²) in [5.74, 6) is 0.598. The number of ether oxygens (including phenoxy) is 2. The first-order valence-electron chi connectivity index (χ1n) is 11.1. The molecule has 4 aromatic carbocycles. The van der Waals surface area contributed by atoms with Crippen LogP contribution in [0.5, 0.6) is 11.5 Å². The molecular formula is C28H26N2O4. The molecule has 0 bridgehead atoms. The van der Waals surface area contributed by atoms with Crippen molar-refractivity contribution in [2.24, 2.45) is 5.10 Å². The molecule has 0 spiro atoms. The highest BCUT2D eigenvalue weighted by molar-refractivity contribution is 5.86. The van der Waals surface area contributed by atoms with Crippen LogP contribution in [0.4, 0.5) is 0 Å². The highest BCUT2D eigenvalue weighted by Gasteiger charge is 2.16. The van der Waals surface area contributed by atoms with Gasteiger partial charge in [-0.3, -0.25) is 4.79 Å². The van der Waals surface area contributed by atoms with Crippen LogP contribution < -0.4 is 14.9 Å². The van der Waals surface area contributed by atoms with Crippen molar-refractivity contribution in [1.29, 1.82) is 0 Å². The smallest absolute Gasteiger partial charge is 0.273 e. The van der Waals surface area contributed by atoms with Crippen LogP contribution in [0, 0.1) is 0 Å². The molecule has 172 valence electrons. The minimum Gasteiger partial charge on any atom is -0.490 e. The van der Waals surface area contributed by atoms with E-state index in [4.69, 9.17) is 9.47 Å². The van der Waals surface area contributed by atoms with Gasteiger partial charge in [0.25, 0.3) is 5.91 Å². The lowest BCUT2D eigenvalue weighted by molar-refractivity contribution is -0.129. The molecule has 0 saturated carbocycles. The van der Waals surface area contributed by atoms with Crippen LogP contribution in [0.25, 0.3) is 10.8 Å². The van der Waals surface area contributed by atoms with E-state index in [0.717, 1.165) is 16.5 Å². The van der Waals surface area contributed by atoms with E-state index in [-0.39, 0.29) is 0 Å². The molecule has 0 aromatic heterocycles. The minimum absolute atomic E-state index is 0.405. The number of nitrogens with one attached hydrogen (secondary N) is 1. The number of carbonyl (C=O) groups excluding carboxylic acids is 1. The summed E-state index contributed by atoms with van der Waals surface area (Å²) < 4.78 is 11.9. The summed E-state index contributed by atoms with van der Waals surface area (Å²) in [5, 5.41) is 16.4. The van der Waals surface area contributed by atoms with Crippen molar-refractivity contribution in [3.63, 3.8) is 0 Å². The first kappa shape index (κ1) is 23.0. The Morgan fingerprint density at radius 2 is 1.71 bits per heavy atom. The predicted octanol–water partition coefficient (Wildman–Crippen LogP) is 5.00. The van der Waals surface area contributed by atoms with Gasteiger partial charge >= 0.3 is 0 Å². The molecule has 0 aliphatic carbocycles. The fourth-order valence-electron chi connectivity index (χ4n) is 3.58. The number of hydrogen-bond donors (Lipinski definition) is 2. The average molecular weight is 455 g/mol. The standard InChI is InChI=1S/C28H26N2O4/c1-2-33-26-17-20(18-29-30-28(32)27(31)22-10-4-3-5-11-22)15-16-25(26)34-19-23-13-8-12-21-9-6-7-14-24(21)23/h3-18,27,31H,2,19H2,1H3,(H,30,32)/b29-18-/t27-/m0/s1. The van der Waals surface area contributed by atoms with Gasteiger partial charge in [-0.2, -0.15) is 5.10 Å². The molecule has 0 unspecified atom stereocenters. The Morgan fingerprint density at radius 3 is 2.53 bits per heavy atom. The lowest BCUT2D eigenvalue weighted by Crippen LogP contribution is -2.25. The lowest BCUT2D eigenvalue weighted by Gasteiger charge is -2.14. The Bertz CT molecular complexity index is 1280. The summed E-state index contributed by atoms with van der Waals surface area (Å²) in [4.78, 5) is 12.2. The van der Waals surface area contributed by atoms with Crippen molar-refractivity contribution in [3.05, 3.63) is 108 Å². The summed E-state index contributed by atoms with van der Waals surface area (Å²) in [6, 6.07) is 28.5. The third kappa shape index (κ3) is 5.60. The minimum atomic E-state index is -1.29. The first-order chi connectivity index (χ1) is 16.7. The number of hydrazone groups is 1. The van der Waals surface area contributed by atoms with Crippen LogP contribution in [0.2, 0.25) is 0 Å². The zero-order valence-electron chi connectivity index (χ0n) is 18.8. The van der Waals surface area contributed by atoms with E-state index in [1.54, 1.807) is 30.3 Å². The van der Waals surface area contributed by atoms with Crippen LogP contribution in [0.1, 0.15) is 29.7 Å². The summed E-state index contributed by atoms with van der Waals surface area (Å²) >= 11 is 0. The predicted molar refractivity (Wildman–Crippen MR) is 133 cm³/mol. The fraction of sp³-hybridized carbons (Fsp3) is 0.143. The van der Waals surface area contributed by atoms with Crippen LogP contribution in [-0.2, 0) is 11.4 Å². The highest BCUT2D eigenvalue weighted by Crippen LogP contribution is 2.30. The van der Waals surface area contributed by atoms with Gasteiger partial charge in [-0.15, -0.1) is 0 Å². The van der Waals surface area contributed by atoms with Gasteiger partial charge in [-0.25, -0.2) is 5.43 Å². The van der Waals surface area contributed by atoms with Crippen LogP contribution in [0.3, 0.4) is 0 Å². The van der Waals surface area contributed by atoms with E-state index in [9.17, 15) is 9.90 Å². The molecular weight excluding hydrogens is 428 g/mol. The molecule has 4 rings (SSSR count). The number of rotatable bonds is 9. The van der Waals surface area contributed by atoms with Crippen molar-refractivity contribution in [1.82, 2.24) is 5.43 Å². The maximum Gasteiger partial charge on any atom is 0.273 e. The highest BCUT2D eigenvalue weighted by atomic mass is 16.5. The van der Waals surface area contributed by atoms with Gasteiger partial charge in [0, 0.05) is 0 Å². The van der Waals surface area contributed by atoms with Gasteiger partial charge in [0.15, 0.2) is 17.6 Å². The maximum atomic E-state index is 12.2. The third-order valence-corrected chi connectivity index (χ3v) is 5.28.